The van der Waals surface area contributed by atoms with Gasteiger partial charge in [0.15, 0.2) is 5.60 Å². The fourth-order valence-electron chi connectivity index (χ4n) is 5.43. The predicted octanol–water partition coefficient (Wildman–Crippen LogP) is 6.69. The minimum Gasteiger partial charge on any atom is -0.480 e. The van der Waals surface area contributed by atoms with Crippen molar-refractivity contribution in [3.05, 3.63) is 150 Å². The third-order valence-electron chi connectivity index (χ3n) is 6.67. The van der Waals surface area contributed by atoms with E-state index in [0.717, 1.165) is 11.3 Å². The zero-order valence-corrected chi connectivity index (χ0v) is 16.6. The molecule has 6 rings (SSSR count). The number of hydrogen-bond donors (Lipinski definition) is 0. The molecule has 0 radical (unpaired) electrons. The third-order valence-corrected chi connectivity index (χ3v) is 6.67. The Kier molecular flexibility index (Phi) is 3.73. The van der Waals surface area contributed by atoms with Crippen molar-refractivity contribution >= 4 is 5.76 Å². The van der Waals surface area contributed by atoms with Crippen molar-refractivity contribution in [2.45, 2.75) is 16.9 Å². The number of hydrogen-bond acceptors (Lipinski definition) is 1. The van der Waals surface area contributed by atoms with E-state index < -0.39 is 5.60 Å². The molecule has 0 spiro atoms. The highest BCUT2D eigenvalue weighted by molar-refractivity contribution is 5.75. The minimum atomic E-state index is -0.442. The van der Waals surface area contributed by atoms with E-state index >= 15 is 0 Å². The van der Waals surface area contributed by atoms with Gasteiger partial charge in [-0.15, -0.1) is 0 Å². The summed E-state index contributed by atoms with van der Waals surface area (Å²) in [4.78, 5) is 0. The van der Waals surface area contributed by atoms with Crippen molar-refractivity contribution in [3.63, 3.8) is 0 Å². The third kappa shape index (κ3) is 2.23. The maximum Gasteiger partial charge on any atom is 0.156 e. The van der Waals surface area contributed by atoms with Crippen LogP contribution in [-0.4, -0.2) is 0 Å². The molecule has 4 aromatic rings. The molecular weight excluding hydrogens is 364 g/mol. The van der Waals surface area contributed by atoms with E-state index in [1.807, 2.05) is 6.07 Å². The molecule has 1 nitrogen and oxygen atoms in total. The highest BCUT2D eigenvalue weighted by atomic mass is 16.5. The average Bonchev–Trinajstić information content (AvgIpc) is 3.26. The summed E-state index contributed by atoms with van der Waals surface area (Å²) in [5, 5.41) is 0. The molecule has 1 saturated carbocycles. The summed E-state index contributed by atoms with van der Waals surface area (Å²) in [6.45, 7) is 0. The fraction of sp³-hybridized carbons (Fsp3) is 0.103. The number of fused-ring (bicyclic) bond motifs is 1. The SMILES string of the molecule is C1=C(c2ccccc2)OC2(c3ccccc3)C(c3ccccc3)C12c1ccccc1. The maximum absolute atomic E-state index is 6.98. The van der Waals surface area contributed by atoms with E-state index in [1.54, 1.807) is 0 Å². The van der Waals surface area contributed by atoms with Crippen LogP contribution in [0.1, 0.15) is 28.2 Å². The first kappa shape index (κ1) is 17.3. The Labute approximate surface area is 177 Å². The van der Waals surface area contributed by atoms with E-state index in [9.17, 15) is 0 Å². The van der Waals surface area contributed by atoms with Crippen LogP contribution in [0.15, 0.2) is 127 Å². The first-order valence-corrected chi connectivity index (χ1v) is 10.5. The molecule has 1 heteroatoms. The van der Waals surface area contributed by atoms with E-state index in [4.69, 9.17) is 4.74 Å². The molecule has 4 aromatic carbocycles. The van der Waals surface area contributed by atoms with Crippen molar-refractivity contribution in [2.75, 3.05) is 0 Å². The topological polar surface area (TPSA) is 9.23 Å². The first-order valence-electron chi connectivity index (χ1n) is 10.5. The maximum atomic E-state index is 6.98. The lowest BCUT2D eigenvalue weighted by molar-refractivity contribution is 0.136. The Bertz CT molecular complexity index is 1200. The molecule has 0 amide bonds. The Morgan fingerprint density at radius 1 is 0.533 bits per heavy atom. The van der Waals surface area contributed by atoms with Crippen molar-refractivity contribution in [3.8, 4) is 0 Å². The summed E-state index contributed by atoms with van der Waals surface area (Å²) in [6.07, 6.45) is 2.38. The smallest absolute Gasteiger partial charge is 0.156 e. The van der Waals surface area contributed by atoms with Gasteiger partial charge in [0.05, 0.1) is 5.41 Å². The minimum absolute atomic E-state index is 0.225. The van der Waals surface area contributed by atoms with Gasteiger partial charge in [-0.2, -0.15) is 0 Å². The van der Waals surface area contributed by atoms with Gasteiger partial charge in [0.25, 0.3) is 0 Å². The molecule has 2 aliphatic rings. The molecular formula is C29H22O. The summed E-state index contributed by atoms with van der Waals surface area (Å²) in [5.74, 6) is 1.19. The second-order valence-electron chi connectivity index (χ2n) is 8.16. The van der Waals surface area contributed by atoms with Gasteiger partial charge in [0, 0.05) is 11.5 Å². The fourth-order valence-corrected chi connectivity index (χ4v) is 5.43. The molecule has 0 aromatic heterocycles. The van der Waals surface area contributed by atoms with E-state index in [2.05, 4.69) is 121 Å². The lowest BCUT2D eigenvalue weighted by atomic mass is 9.87. The lowest BCUT2D eigenvalue weighted by Crippen LogP contribution is -2.18. The molecule has 0 N–H and O–H groups in total. The molecule has 30 heavy (non-hydrogen) atoms. The number of benzene rings is 4. The number of ether oxygens (including phenoxy) is 1. The van der Waals surface area contributed by atoms with Crippen LogP contribution in [0.5, 0.6) is 0 Å². The van der Waals surface area contributed by atoms with Crippen molar-refractivity contribution in [1.29, 1.82) is 0 Å². The zero-order chi connectivity index (χ0) is 20.0. The highest BCUT2D eigenvalue weighted by Crippen LogP contribution is 2.80. The second-order valence-corrected chi connectivity index (χ2v) is 8.16. The Hall–Kier alpha value is -3.58. The van der Waals surface area contributed by atoms with Gasteiger partial charge in [-0.25, -0.2) is 0 Å². The van der Waals surface area contributed by atoms with Crippen molar-refractivity contribution in [1.82, 2.24) is 0 Å². The van der Waals surface area contributed by atoms with E-state index in [0.29, 0.717) is 0 Å². The average molecular weight is 386 g/mol. The van der Waals surface area contributed by atoms with Gasteiger partial charge in [0.1, 0.15) is 5.76 Å². The van der Waals surface area contributed by atoms with Gasteiger partial charge >= 0.3 is 0 Å². The lowest BCUT2D eigenvalue weighted by Gasteiger charge is -2.21. The molecule has 1 fully saturated rings. The summed E-state index contributed by atoms with van der Waals surface area (Å²) in [5.41, 5.74) is 4.29. The van der Waals surface area contributed by atoms with Crippen molar-refractivity contribution in [2.24, 2.45) is 0 Å². The highest BCUT2D eigenvalue weighted by Gasteiger charge is 2.82. The molecule has 1 heterocycles. The van der Waals surface area contributed by atoms with Crippen LogP contribution in [0.25, 0.3) is 5.76 Å². The van der Waals surface area contributed by atoms with Gasteiger partial charge in [-0.05, 0) is 22.8 Å². The quantitative estimate of drug-likeness (QED) is 0.380. The molecule has 0 saturated heterocycles. The summed E-state index contributed by atoms with van der Waals surface area (Å²) in [7, 11) is 0. The van der Waals surface area contributed by atoms with Crippen LogP contribution >= 0.6 is 0 Å². The molecule has 1 aliphatic heterocycles. The molecule has 3 atom stereocenters. The van der Waals surface area contributed by atoms with Crippen LogP contribution in [0, 0.1) is 0 Å². The predicted molar refractivity (Wildman–Crippen MR) is 121 cm³/mol. The Morgan fingerprint density at radius 3 is 1.63 bits per heavy atom. The summed E-state index contributed by atoms with van der Waals surface area (Å²) < 4.78 is 6.98. The monoisotopic (exact) mass is 386 g/mol. The van der Waals surface area contributed by atoms with Gasteiger partial charge in [0.2, 0.25) is 0 Å². The van der Waals surface area contributed by atoms with Crippen LogP contribution in [0.2, 0.25) is 0 Å². The van der Waals surface area contributed by atoms with Gasteiger partial charge < -0.3 is 4.74 Å². The van der Waals surface area contributed by atoms with E-state index in [-0.39, 0.29) is 11.3 Å². The Morgan fingerprint density at radius 2 is 1.03 bits per heavy atom. The van der Waals surface area contributed by atoms with E-state index in [1.165, 1.54) is 16.7 Å². The molecule has 3 unspecified atom stereocenters. The van der Waals surface area contributed by atoms with Crippen LogP contribution in [0.4, 0.5) is 0 Å². The van der Waals surface area contributed by atoms with Crippen LogP contribution < -0.4 is 0 Å². The van der Waals surface area contributed by atoms with Crippen LogP contribution in [-0.2, 0) is 15.8 Å². The Balaban J connectivity index is 1.62. The molecule has 0 bridgehead atoms. The second kappa shape index (κ2) is 6.47. The largest absolute Gasteiger partial charge is 0.480 e. The van der Waals surface area contributed by atoms with Crippen molar-refractivity contribution < 1.29 is 4.74 Å². The number of rotatable bonds is 4. The normalized spacial score (nSPS) is 26.4. The standard InChI is InChI=1S/C29H22O/c1-5-13-22(14-6-1)26-21-28(24-17-9-3-10-18-24)27(23-15-7-2-8-16-23)29(28,30-26)25-19-11-4-12-20-25/h1-21,27H. The van der Waals surface area contributed by atoms with Gasteiger partial charge in [-0.1, -0.05) is 121 Å². The van der Waals surface area contributed by atoms with Crippen LogP contribution in [0.3, 0.4) is 0 Å². The summed E-state index contributed by atoms with van der Waals surface area (Å²) in [6, 6.07) is 42.8. The summed E-state index contributed by atoms with van der Waals surface area (Å²) >= 11 is 0. The van der Waals surface area contributed by atoms with Gasteiger partial charge in [-0.3, -0.25) is 0 Å². The zero-order valence-electron chi connectivity index (χ0n) is 16.6. The molecule has 144 valence electrons. The first-order chi connectivity index (χ1) is 14.9. The molecule has 1 aliphatic carbocycles.